The van der Waals surface area contributed by atoms with Gasteiger partial charge in [0, 0.05) is 24.6 Å². The van der Waals surface area contributed by atoms with Crippen molar-refractivity contribution in [2.45, 2.75) is 33.4 Å². The molecule has 0 aliphatic rings. The van der Waals surface area contributed by atoms with Gasteiger partial charge in [0.15, 0.2) is 6.10 Å². The van der Waals surface area contributed by atoms with E-state index in [1.165, 1.54) is 0 Å². The van der Waals surface area contributed by atoms with Gasteiger partial charge in [0.1, 0.15) is 11.6 Å². The Hall–Kier alpha value is -3.08. The minimum absolute atomic E-state index is 0.138. The van der Waals surface area contributed by atoms with Gasteiger partial charge in [0.2, 0.25) is 0 Å². The zero-order chi connectivity index (χ0) is 18.5. The summed E-state index contributed by atoms with van der Waals surface area (Å²) in [6.45, 7) is 6.17. The Balaban J connectivity index is 1.55. The van der Waals surface area contributed by atoms with Gasteiger partial charge in [-0.15, -0.1) is 0 Å². The summed E-state index contributed by atoms with van der Waals surface area (Å²) in [5, 5.41) is 2.92. The second kappa shape index (κ2) is 7.87. The second-order valence-electron chi connectivity index (χ2n) is 6.31. The maximum atomic E-state index is 12.3. The molecular formula is C21H23N3O2. The molecule has 1 heterocycles. The molecule has 0 saturated heterocycles. The van der Waals surface area contributed by atoms with Crippen LogP contribution in [0.4, 0.5) is 0 Å². The van der Waals surface area contributed by atoms with E-state index in [0.29, 0.717) is 12.3 Å². The van der Waals surface area contributed by atoms with Gasteiger partial charge in [0.25, 0.3) is 5.91 Å². The highest BCUT2D eigenvalue weighted by Crippen LogP contribution is 2.15. The monoisotopic (exact) mass is 349 g/mol. The van der Waals surface area contributed by atoms with Crippen molar-refractivity contribution in [3.05, 3.63) is 77.9 Å². The van der Waals surface area contributed by atoms with Crippen molar-refractivity contribution < 1.29 is 9.53 Å². The van der Waals surface area contributed by atoms with Crippen LogP contribution < -0.4 is 10.1 Å². The molecule has 2 aromatic carbocycles. The van der Waals surface area contributed by atoms with Gasteiger partial charge in [-0.1, -0.05) is 24.3 Å². The molecule has 1 N–H and O–H groups in total. The molecule has 5 heteroatoms. The average Bonchev–Trinajstić information content (AvgIpc) is 3.06. The molecule has 26 heavy (non-hydrogen) atoms. The summed E-state index contributed by atoms with van der Waals surface area (Å²) in [6.07, 6.45) is 3.15. The number of nitrogens with zero attached hydrogens (tertiary/aromatic N) is 2. The lowest BCUT2D eigenvalue weighted by molar-refractivity contribution is -0.127. The summed E-state index contributed by atoms with van der Waals surface area (Å²) in [4.78, 5) is 16.5. The van der Waals surface area contributed by atoms with Gasteiger partial charge < -0.3 is 14.6 Å². The minimum atomic E-state index is -0.551. The molecule has 0 unspecified atom stereocenters. The number of hydrogen-bond acceptors (Lipinski definition) is 3. The van der Waals surface area contributed by atoms with Gasteiger partial charge in [-0.3, -0.25) is 4.79 Å². The van der Waals surface area contributed by atoms with Crippen LogP contribution in [0.5, 0.6) is 5.75 Å². The van der Waals surface area contributed by atoms with Crippen molar-refractivity contribution in [1.82, 2.24) is 14.9 Å². The van der Waals surface area contributed by atoms with Gasteiger partial charge in [-0.25, -0.2) is 4.98 Å². The second-order valence-corrected chi connectivity index (χ2v) is 6.31. The van der Waals surface area contributed by atoms with Crippen LogP contribution >= 0.6 is 0 Å². The van der Waals surface area contributed by atoms with Gasteiger partial charge in [0.05, 0.1) is 0 Å². The molecule has 0 aliphatic heterocycles. The third kappa shape index (κ3) is 4.30. The van der Waals surface area contributed by atoms with Crippen molar-refractivity contribution in [3.63, 3.8) is 0 Å². The first-order valence-electron chi connectivity index (χ1n) is 8.63. The smallest absolute Gasteiger partial charge is 0.261 e. The zero-order valence-corrected chi connectivity index (χ0v) is 15.3. The highest BCUT2D eigenvalue weighted by molar-refractivity contribution is 5.80. The lowest BCUT2D eigenvalue weighted by atomic mass is 10.2. The van der Waals surface area contributed by atoms with E-state index in [1.54, 1.807) is 13.1 Å². The number of amides is 1. The number of aryl methyl sites for hydroxylation is 2. The average molecular weight is 349 g/mol. The molecule has 0 spiro atoms. The maximum absolute atomic E-state index is 12.3. The quantitative estimate of drug-likeness (QED) is 0.740. The lowest BCUT2D eigenvalue weighted by Crippen LogP contribution is -2.35. The van der Waals surface area contributed by atoms with E-state index in [1.807, 2.05) is 73.1 Å². The van der Waals surface area contributed by atoms with Crippen LogP contribution in [0, 0.1) is 13.8 Å². The molecule has 0 aliphatic carbocycles. The topological polar surface area (TPSA) is 56.1 Å². The Bertz CT molecular complexity index is 884. The fraction of sp³-hybridized carbons (Fsp3) is 0.238. The van der Waals surface area contributed by atoms with E-state index in [-0.39, 0.29) is 5.91 Å². The molecular weight excluding hydrogens is 326 g/mol. The number of aromatic nitrogens is 2. The molecule has 1 atom stereocenters. The molecule has 0 saturated carbocycles. The molecule has 3 aromatic rings. The number of carbonyl (C=O) groups is 1. The molecule has 134 valence electrons. The Kier molecular flexibility index (Phi) is 5.37. The van der Waals surface area contributed by atoms with Crippen molar-refractivity contribution in [2.75, 3.05) is 0 Å². The largest absolute Gasteiger partial charge is 0.481 e. The van der Waals surface area contributed by atoms with Crippen molar-refractivity contribution in [1.29, 1.82) is 0 Å². The van der Waals surface area contributed by atoms with E-state index in [4.69, 9.17) is 4.74 Å². The van der Waals surface area contributed by atoms with Crippen molar-refractivity contribution >= 4 is 5.91 Å². The summed E-state index contributed by atoms with van der Waals surface area (Å²) in [7, 11) is 0. The van der Waals surface area contributed by atoms with Crippen LogP contribution in [0.15, 0.2) is 60.9 Å². The molecule has 0 bridgehead atoms. The third-order valence-electron chi connectivity index (χ3n) is 4.18. The predicted molar refractivity (Wildman–Crippen MR) is 101 cm³/mol. The highest BCUT2D eigenvalue weighted by Gasteiger charge is 2.14. The maximum Gasteiger partial charge on any atom is 0.261 e. The first kappa shape index (κ1) is 17.7. The van der Waals surface area contributed by atoms with Crippen LogP contribution in [0.25, 0.3) is 5.69 Å². The van der Waals surface area contributed by atoms with Crippen molar-refractivity contribution in [3.8, 4) is 11.4 Å². The van der Waals surface area contributed by atoms with Gasteiger partial charge in [-0.05, 0) is 56.2 Å². The fourth-order valence-electron chi connectivity index (χ4n) is 2.70. The Labute approximate surface area is 153 Å². The van der Waals surface area contributed by atoms with Crippen LogP contribution in [-0.2, 0) is 11.3 Å². The molecule has 1 amide bonds. The molecule has 1 aromatic heterocycles. The van der Waals surface area contributed by atoms with Crippen molar-refractivity contribution in [2.24, 2.45) is 0 Å². The number of rotatable bonds is 6. The molecule has 0 radical (unpaired) electrons. The Morgan fingerprint density at radius 1 is 1.19 bits per heavy atom. The summed E-state index contributed by atoms with van der Waals surface area (Å²) in [6, 6.07) is 15.7. The summed E-state index contributed by atoms with van der Waals surface area (Å²) in [5.74, 6) is 1.50. The lowest BCUT2D eigenvalue weighted by Gasteiger charge is -2.15. The highest BCUT2D eigenvalue weighted by atomic mass is 16.5. The van der Waals surface area contributed by atoms with E-state index in [0.717, 1.165) is 22.6 Å². The first-order chi connectivity index (χ1) is 12.5. The van der Waals surface area contributed by atoms with Crippen LogP contribution in [0.2, 0.25) is 0 Å². The zero-order valence-electron chi connectivity index (χ0n) is 15.3. The van der Waals surface area contributed by atoms with Crippen LogP contribution in [0.3, 0.4) is 0 Å². The Morgan fingerprint density at radius 3 is 2.62 bits per heavy atom. The van der Waals surface area contributed by atoms with Crippen LogP contribution in [0.1, 0.15) is 23.9 Å². The number of benzene rings is 2. The molecule has 3 rings (SSSR count). The SMILES string of the molecule is Cc1cccc(O[C@@H](C)C(=O)NCc2ccc(-n3ccnc3C)cc2)c1. The summed E-state index contributed by atoms with van der Waals surface area (Å²) >= 11 is 0. The number of imidazole rings is 1. The number of nitrogens with one attached hydrogen (secondary N) is 1. The standard InChI is InChI=1S/C21H23N3O2/c1-15-5-4-6-20(13-15)26-16(2)21(25)23-14-18-7-9-19(10-8-18)24-12-11-22-17(24)3/h4-13,16H,14H2,1-3H3,(H,23,25)/t16-/m0/s1. The Morgan fingerprint density at radius 2 is 1.96 bits per heavy atom. The summed E-state index contributed by atoms with van der Waals surface area (Å²) < 4.78 is 7.72. The van der Waals surface area contributed by atoms with Gasteiger partial charge in [-0.2, -0.15) is 0 Å². The predicted octanol–water partition coefficient (Wildman–Crippen LogP) is 3.57. The normalized spacial score (nSPS) is 11.8. The summed E-state index contributed by atoms with van der Waals surface area (Å²) in [5.41, 5.74) is 3.18. The number of ether oxygens (including phenoxy) is 1. The van der Waals surface area contributed by atoms with E-state index in [9.17, 15) is 4.79 Å². The van der Waals surface area contributed by atoms with Gasteiger partial charge >= 0.3 is 0 Å². The van der Waals surface area contributed by atoms with E-state index >= 15 is 0 Å². The molecule has 5 nitrogen and oxygen atoms in total. The molecule has 0 fully saturated rings. The number of hydrogen-bond donors (Lipinski definition) is 1. The minimum Gasteiger partial charge on any atom is -0.481 e. The number of carbonyl (C=O) groups excluding carboxylic acids is 1. The fourth-order valence-corrected chi connectivity index (χ4v) is 2.70. The third-order valence-corrected chi connectivity index (χ3v) is 4.18. The van der Waals surface area contributed by atoms with Crippen LogP contribution in [-0.4, -0.2) is 21.6 Å². The van der Waals surface area contributed by atoms with E-state index in [2.05, 4.69) is 10.3 Å². The first-order valence-corrected chi connectivity index (χ1v) is 8.63. The van der Waals surface area contributed by atoms with E-state index < -0.39 is 6.10 Å².